The topological polar surface area (TPSA) is 52.6 Å². The molecule has 1 fully saturated rings. The van der Waals surface area contributed by atoms with Gasteiger partial charge in [0.05, 0.1) is 5.56 Å². The molecule has 0 heterocycles. The van der Waals surface area contributed by atoms with Crippen LogP contribution in [-0.2, 0) is 9.53 Å². The average molecular weight is 247 g/mol. The number of ether oxygens (including phenoxy) is 2. The van der Waals surface area contributed by atoms with Gasteiger partial charge in [0, 0.05) is 0 Å². The highest BCUT2D eigenvalue weighted by Gasteiger charge is 2.19. The van der Waals surface area contributed by atoms with Crippen LogP contribution < -0.4 is 4.74 Å². The summed E-state index contributed by atoms with van der Waals surface area (Å²) in [6.45, 7) is 0. The van der Waals surface area contributed by atoms with Gasteiger partial charge in [-0.15, -0.1) is 0 Å². The Labute approximate surface area is 106 Å². The summed E-state index contributed by atoms with van der Waals surface area (Å²) in [5, 5.41) is 0. The average Bonchev–Trinajstić information content (AvgIpc) is 2.40. The second-order valence-corrected chi connectivity index (χ2v) is 4.33. The first-order chi connectivity index (χ1) is 8.79. The summed E-state index contributed by atoms with van der Waals surface area (Å²) < 4.78 is 10.2. The van der Waals surface area contributed by atoms with Gasteiger partial charge in [-0.2, -0.15) is 0 Å². The lowest BCUT2D eigenvalue weighted by Gasteiger charge is -2.21. The normalized spacial score (nSPS) is 16.0. The highest BCUT2D eigenvalue weighted by atomic mass is 16.7. The third-order valence-corrected chi connectivity index (χ3v) is 3.01. The van der Waals surface area contributed by atoms with Crippen molar-refractivity contribution >= 4 is 12.4 Å². The molecule has 18 heavy (non-hydrogen) atoms. The van der Waals surface area contributed by atoms with Crippen LogP contribution in [0.25, 0.3) is 0 Å². The van der Waals surface area contributed by atoms with Crippen LogP contribution in [0.4, 0.5) is 4.79 Å². The first-order valence-electron chi connectivity index (χ1n) is 6.15. The largest absolute Gasteiger partial charge is 0.514 e. The van der Waals surface area contributed by atoms with Crippen molar-refractivity contribution in [1.29, 1.82) is 0 Å². The van der Waals surface area contributed by atoms with E-state index in [1.807, 2.05) is 0 Å². The van der Waals surface area contributed by atoms with Gasteiger partial charge in [-0.1, -0.05) is 18.6 Å². The molecule has 1 radical (unpaired) electrons. The first-order valence-corrected chi connectivity index (χ1v) is 6.15. The van der Waals surface area contributed by atoms with Gasteiger partial charge >= 0.3 is 6.16 Å². The summed E-state index contributed by atoms with van der Waals surface area (Å²) >= 11 is 0. The lowest BCUT2D eigenvalue weighted by Crippen LogP contribution is -2.23. The van der Waals surface area contributed by atoms with Crippen molar-refractivity contribution in [2.45, 2.75) is 38.2 Å². The Morgan fingerprint density at radius 1 is 1.17 bits per heavy atom. The predicted molar refractivity (Wildman–Crippen MR) is 65.2 cm³/mol. The van der Waals surface area contributed by atoms with Crippen LogP contribution in [0.15, 0.2) is 24.3 Å². The van der Waals surface area contributed by atoms with E-state index in [2.05, 4.69) is 0 Å². The monoisotopic (exact) mass is 247 g/mol. The molecule has 0 spiro atoms. The zero-order chi connectivity index (χ0) is 12.8. The Hall–Kier alpha value is -1.84. The minimum atomic E-state index is -0.746. The van der Waals surface area contributed by atoms with Crippen molar-refractivity contribution < 1.29 is 19.1 Å². The van der Waals surface area contributed by atoms with E-state index >= 15 is 0 Å². The van der Waals surface area contributed by atoms with Gasteiger partial charge in [0.15, 0.2) is 0 Å². The Bertz CT molecular complexity index is 422. The maximum Gasteiger partial charge on any atom is 0.514 e. The minimum Gasteiger partial charge on any atom is -0.431 e. The highest BCUT2D eigenvalue weighted by molar-refractivity contribution is 5.81. The molecule has 1 aromatic carbocycles. The number of para-hydroxylation sites is 1. The maximum absolute atomic E-state index is 11.6. The van der Waals surface area contributed by atoms with Crippen molar-refractivity contribution in [3.8, 4) is 5.75 Å². The SMILES string of the molecule is O=[C]c1ccccc1OC(=O)OC1CCCCC1. The zero-order valence-electron chi connectivity index (χ0n) is 10.1. The fourth-order valence-corrected chi connectivity index (χ4v) is 2.07. The number of hydrogen-bond acceptors (Lipinski definition) is 4. The van der Waals surface area contributed by atoms with Crippen LogP contribution >= 0.6 is 0 Å². The lowest BCUT2D eigenvalue weighted by atomic mass is 9.98. The number of rotatable bonds is 3. The molecule has 1 aliphatic carbocycles. The Kier molecular flexibility index (Phi) is 4.34. The molecule has 0 unspecified atom stereocenters. The molecule has 4 heteroatoms. The van der Waals surface area contributed by atoms with Crippen molar-refractivity contribution in [3.63, 3.8) is 0 Å². The molecule has 1 saturated carbocycles. The minimum absolute atomic E-state index is 0.0568. The fraction of sp³-hybridized carbons (Fsp3) is 0.429. The summed E-state index contributed by atoms with van der Waals surface area (Å²) in [4.78, 5) is 22.2. The summed E-state index contributed by atoms with van der Waals surface area (Å²) in [5.41, 5.74) is 0.220. The summed E-state index contributed by atoms with van der Waals surface area (Å²) in [7, 11) is 0. The van der Waals surface area contributed by atoms with E-state index in [1.165, 1.54) is 12.5 Å². The van der Waals surface area contributed by atoms with Crippen molar-refractivity contribution in [1.82, 2.24) is 0 Å². The van der Waals surface area contributed by atoms with Crippen LogP contribution in [0.3, 0.4) is 0 Å². The van der Waals surface area contributed by atoms with Gasteiger partial charge in [0.1, 0.15) is 11.9 Å². The molecule has 4 nitrogen and oxygen atoms in total. The molecule has 1 aliphatic rings. The number of benzene rings is 1. The van der Waals surface area contributed by atoms with Crippen LogP contribution in [0, 0.1) is 0 Å². The van der Waals surface area contributed by atoms with E-state index in [0.29, 0.717) is 0 Å². The molecule has 0 bridgehead atoms. The van der Waals surface area contributed by atoms with Gasteiger partial charge in [0.2, 0.25) is 6.29 Å². The van der Waals surface area contributed by atoms with Crippen molar-refractivity contribution in [2.75, 3.05) is 0 Å². The Balaban J connectivity index is 1.92. The molecule has 0 aromatic heterocycles. The van der Waals surface area contributed by atoms with Crippen LogP contribution in [-0.4, -0.2) is 18.5 Å². The van der Waals surface area contributed by atoms with Crippen molar-refractivity contribution in [2.24, 2.45) is 0 Å². The molecular formula is C14H15O4. The number of carbonyl (C=O) groups excluding carboxylic acids is 2. The van der Waals surface area contributed by atoms with Gasteiger partial charge < -0.3 is 9.47 Å². The van der Waals surface area contributed by atoms with Gasteiger partial charge in [-0.25, -0.2) is 4.79 Å². The zero-order valence-corrected chi connectivity index (χ0v) is 10.1. The second kappa shape index (κ2) is 6.19. The molecule has 0 saturated heterocycles. The molecule has 0 N–H and O–H groups in total. The Morgan fingerprint density at radius 2 is 1.89 bits per heavy atom. The van der Waals surface area contributed by atoms with Gasteiger partial charge in [0.25, 0.3) is 0 Å². The number of carbonyl (C=O) groups is 1. The third-order valence-electron chi connectivity index (χ3n) is 3.01. The molecule has 0 aliphatic heterocycles. The smallest absolute Gasteiger partial charge is 0.431 e. The molecule has 1 aromatic rings. The van der Waals surface area contributed by atoms with Crippen molar-refractivity contribution in [3.05, 3.63) is 29.8 Å². The first kappa shape index (κ1) is 12.6. The summed E-state index contributed by atoms with van der Waals surface area (Å²) in [6, 6.07) is 6.45. The fourth-order valence-electron chi connectivity index (χ4n) is 2.07. The Morgan fingerprint density at radius 3 is 2.61 bits per heavy atom. The van der Waals surface area contributed by atoms with Crippen LogP contribution in [0.1, 0.15) is 37.7 Å². The van der Waals surface area contributed by atoms with Crippen LogP contribution in [0.2, 0.25) is 0 Å². The highest BCUT2D eigenvalue weighted by Crippen LogP contribution is 2.22. The van der Waals surface area contributed by atoms with E-state index in [9.17, 15) is 9.59 Å². The van der Waals surface area contributed by atoms with Gasteiger partial charge in [-0.3, -0.25) is 4.79 Å². The molecule has 2 rings (SSSR count). The van der Waals surface area contributed by atoms with E-state index < -0.39 is 6.16 Å². The summed E-state index contributed by atoms with van der Waals surface area (Å²) in [5.74, 6) is 0.188. The molecule has 0 atom stereocenters. The molecular weight excluding hydrogens is 232 g/mol. The molecule has 0 amide bonds. The second-order valence-electron chi connectivity index (χ2n) is 4.33. The van der Waals surface area contributed by atoms with Gasteiger partial charge in [-0.05, 0) is 37.8 Å². The number of hydrogen-bond donors (Lipinski definition) is 0. The lowest BCUT2D eigenvalue weighted by molar-refractivity contribution is 0.0416. The van der Waals surface area contributed by atoms with E-state index in [0.717, 1.165) is 25.7 Å². The third kappa shape index (κ3) is 3.32. The van der Waals surface area contributed by atoms with E-state index in [4.69, 9.17) is 9.47 Å². The van der Waals surface area contributed by atoms with Crippen LogP contribution in [0.5, 0.6) is 5.75 Å². The quantitative estimate of drug-likeness (QED) is 0.608. The summed E-state index contributed by atoms with van der Waals surface area (Å²) in [6.07, 6.45) is 6.04. The predicted octanol–water partition coefficient (Wildman–Crippen LogP) is 2.99. The molecule has 95 valence electrons. The van der Waals surface area contributed by atoms with E-state index in [-0.39, 0.29) is 17.4 Å². The standard InChI is InChI=1S/C14H15O4/c15-10-11-6-4-5-9-13(11)18-14(16)17-12-7-2-1-3-8-12/h4-6,9,12H,1-3,7-8H2. The van der Waals surface area contributed by atoms with E-state index in [1.54, 1.807) is 24.5 Å². The maximum atomic E-state index is 11.6.